The Labute approximate surface area is 244 Å². The minimum absolute atomic E-state index is 0.0579. The van der Waals surface area contributed by atoms with Gasteiger partial charge < -0.3 is 9.88 Å². The van der Waals surface area contributed by atoms with E-state index in [2.05, 4.69) is 15.3 Å². The second kappa shape index (κ2) is 11.6. The van der Waals surface area contributed by atoms with E-state index in [1.165, 1.54) is 56.1 Å². The van der Waals surface area contributed by atoms with Crippen molar-refractivity contribution in [1.82, 2.24) is 19.1 Å². The second-order valence-corrected chi connectivity index (χ2v) is 9.99. The van der Waals surface area contributed by atoms with Crippen molar-refractivity contribution in [3.8, 4) is 22.8 Å². The molecule has 5 aromatic rings. The van der Waals surface area contributed by atoms with Crippen LogP contribution in [0.2, 0.25) is 0 Å². The van der Waals surface area contributed by atoms with E-state index >= 15 is 0 Å². The molecule has 0 bridgehead atoms. The molecule has 1 atom stereocenters. The second-order valence-electron chi connectivity index (χ2n) is 9.99. The Morgan fingerprint density at radius 3 is 2.16 bits per heavy atom. The highest BCUT2D eigenvalue weighted by Crippen LogP contribution is 2.35. The van der Waals surface area contributed by atoms with Crippen LogP contribution >= 0.6 is 0 Å². The fraction of sp³-hybridized carbons (Fsp3) is 0.200. The molecule has 2 aromatic carbocycles. The zero-order valence-electron chi connectivity index (χ0n) is 23.2. The van der Waals surface area contributed by atoms with Crippen molar-refractivity contribution >= 4 is 16.5 Å². The summed E-state index contributed by atoms with van der Waals surface area (Å²) in [7, 11) is 1.40. The molecule has 0 saturated heterocycles. The zero-order chi connectivity index (χ0) is 32.0. The van der Waals surface area contributed by atoms with Crippen LogP contribution < -0.4 is 16.4 Å². The van der Waals surface area contributed by atoms with E-state index in [9.17, 15) is 40.3 Å². The lowest BCUT2D eigenvalue weighted by atomic mass is 9.98. The smallest absolute Gasteiger partial charge is 0.321 e. The molecule has 7 nitrogen and oxygen atoms in total. The van der Waals surface area contributed by atoms with E-state index in [-0.39, 0.29) is 49.2 Å². The van der Waals surface area contributed by atoms with Crippen LogP contribution in [0.1, 0.15) is 42.6 Å². The third-order valence-electron chi connectivity index (χ3n) is 7.22. The van der Waals surface area contributed by atoms with Gasteiger partial charge in [-0.1, -0.05) is 6.07 Å². The molecule has 0 radical (unpaired) electrons. The molecule has 0 saturated carbocycles. The third kappa shape index (κ3) is 5.31. The zero-order valence-corrected chi connectivity index (χ0v) is 23.2. The molecule has 0 aliphatic rings. The maximum Gasteiger partial charge on any atom is 0.321 e. The highest BCUT2D eigenvalue weighted by atomic mass is 19.3. The quantitative estimate of drug-likeness (QED) is 0.198. The van der Waals surface area contributed by atoms with Gasteiger partial charge in [-0.25, -0.2) is 36.5 Å². The molecule has 0 spiro atoms. The van der Waals surface area contributed by atoms with Gasteiger partial charge in [-0.3, -0.25) is 9.59 Å². The first-order valence-electron chi connectivity index (χ1n) is 13.0. The molecular weight excluding hydrogens is 595 g/mol. The van der Waals surface area contributed by atoms with Crippen LogP contribution in [-0.4, -0.2) is 19.1 Å². The number of alkyl halides is 4. The summed E-state index contributed by atoms with van der Waals surface area (Å²) in [6, 6.07) is 6.85. The summed E-state index contributed by atoms with van der Waals surface area (Å²) in [5, 5.41) is 2.81. The molecule has 0 amide bonds. The molecular formula is C30H22F7N5O2. The van der Waals surface area contributed by atoms with Crippen LogP contribution in [0.5, 0.6) is 0 Å². The lowest BCUT2D eigenvalue weighted by Crippen LogP contribution is -2.24. The van der Waals surface area contributed by atoms with Crippen molar-refractivity contribution in [2.24, 2.45) is 7.05 Å². The lowest BCUT2D eigenvalue weighted by Gasteiger charge is -2.21. The van der Waals surface area contributed by atoms with Gasteiger partial charge in [0.15, 0.2) is 17.5 Å². The summed E-state index contributed by atoms with van der Waals surface area (Å²) in [6.45, 7) is -0.301. The Hall–Kier alpha value is -5.01. The summed E-state index contributed by atoms with van der Waals surface area (Å²) in [5.74, 6) is -4.17. The van der Waals surface area contributed by atoms with Crippen LogP contribution in [0.15, 0.2) is 64.4 Å². The molecule has 3 heterocycles. The average Bonchev–Trinajstić information content (AvgIpc) is 2.97. The number of halogens is 7. The summed E-state index contributed by atoms with van der Waals surface area (Å²) in [6.07, 6.45) is -0.851. The minimum Gasteiger partial charge on any atom is -0.378 e. The topological polar surface area (TPSA) is 81.8 Å². The maximum atomic E-state index is 14.7. The molecule has 0 unspecified atom stereocenters. The molecule has 44 heavy (non-hydrogen) atoms. The van der Waals surface area contributed by atoms with E-state index in [0.29, 0.717) is 6.07 Å². The number of pyridine rings is 2. The standard InChI is InChI=1S/C30H22F7N5O2/c1-13-4-7-22(42(28(13)43)30(36)37)27-38-11-15(12-39-27)23-10-18-17(8-16(31)9-19(18)29(44)41(23)3)14(2)40-21-6-5-20(32)25(33)24(21)26(34)35/h4-12,14,26,30,40H,1-3H3/t14-/m1/s1. The van der Waals surface area contributed by atoms with E-state index in [4.69, 9.17) is 0 Å². The maximum absolute atomic E-state index is 14.7. The number of aromatic nitrogens is 4. The van der Waals surface area contributed by atoms with E-state index < -0.39 is 58.8 Å². The molecule has 0 fully saturated rings. The average molecular weight is 618 g/mol. The number of anilines is 1. The number of aryl methyl sites for hydroxylation is 1. The summed E-state index contributed by atoms with van der Waals surface area (Å²) < 4.78 is 98.5. The summed E-state index contributed by atoms with van der Waals surface area (Å²) >= 11 is 0. The Balaban J connectivity index is 1.61. The fourth-order valence-corrected chi connectivity index (χ4v) is 4.98. The van der Waals surface area contributed by atoms with Gasteiger partial charge in [0.25, 0.3) is 17.5 Å². The number of benzene rings is 2. The Kier molecular flexibility index (Phi) is 8.02. The molecule has 0 aliphatic heterocycles. The molecule has 0 aliphatic carbocycles. The molecule has 14 heteroatoms. The highest BCUT2D eigenvalue weighted by molar-refractivity contribution is 5.89. The third-order valence-corrected chi connectivity index (χ3v) is 7.22. The van der Waals surface area contributed by atoms with Crippen LogP contribution in [0.4, 0.5) is 36.4 Å². The summed E-state index contributed by atoms with van der Waals surface area (Å²) in [5.41, 5.74) is -2.67. The lowest BCUT2D eigenvalue weighted by molar-refractivity contribution is 0.0678. The van der Waals surface area contributed by atoms with Gasteiger partial charge in [-0.2, -0.15) is 8.78 Å². The first-order valence-corrected chi connectivity index (χ1v) is 13.0. The predicted octanol–water partition coefficient (Wildman–Crippen LogP) is 7.06. The van der Waals surface area contributed by atoms with Crippen molar-refractivity contribution in [2.75, 3.05) is 5.32 Å². The normalized spacial score (nSPS) is 12.4. The van der Waals surface area contributed by atoms with Crippen LogP contribution in [-0.2, 0) is 7.05 Å². The van der Waals surface area contributed by atoms with E-state index in [1.54, 1.807) is 0 Å². The van der Waals surface area contributed by atoms with Crippen molar-refractivity contribution in [2.45, 2.75) is 32.9 Å². The molecule has 1 N–H and O–H groups in total. The van der Waals surface area contributed by atoms with Gasteiger partial charge in [-0.15, -0.1) is 0 Å². The van der Waals surface area contributed by atoms with Crippen LogP contribution in [0.3, 0.4) is 0 Å². The molecule has 5 rings (SSSR count). The first kappa shape index (κ1) is 30.4. The van der Waals surface area contributed by atoms with Gasteiger partial charge in [0.05, 0.1) is 22.3 Å². The SMILES string of the molecule is Cc1ccc(-c2ncc(-c3cc4c([C@@H](C)Nc5ccc(F)c(F)c5C(F)F)cc(F)cc4c(=O)n3C)cn2)n(C(F)F)c1=O. The van der Waals surface area contributed by atoms with Crippen molar-refractivity contribution in [1.29, 1.82) is 0 Å². The van der Waals surface area contributed by atoms with Crippen LogP contribution in [0.25, 0.3) is 33.5 Å². The monoisotopic (exact) mass is 617 g/mol. The number of hydrogen-bond acceptors (Lipinski definition) is 5. The number of rotatable bonds is 7. The van der Waals surface area contributed by atoms with Crippen molar-refractivity contribution in [3.63, 3.8) is 0 Å². The van der Waals surface area contributed by atoms with E-state index in [0.717, 1.165) is 18.2 Å². The van der Waals surface area contributed by atoms with Gasteiger partial charge in [0.2, 0.25) is 0 Å². The Bertz CT molecular complexity index is 2030. The van der Waals surface area contributed by atoms with Gasteiger partial charge in [0, 0.05) is 42.3 Å². The van der Waals surface area contributed by atoms with Gasteiger partial charge in [-0.05, 0) is 61.2 Å². The number of nitrogens with one attached hydrogen (secondary N) is 1. The highest BCUT2D eigenvalue weighted by Gasteiger charge is 2.24. The van der Waals surface area contributed by atoms with Gasteiger partial charge >= 0.3 is 6.55 Å². The number of nitrogens with zero attached hydrogens (tertiary/aromatic N) is 4. The van der Waals surface area contributed by atoms with Crippen molar-refractivity contribution < 1.29 is 30.7 Å². The van der Waals surface area contributed by atoms with E-state index in [1.807, 2.05) is 0 Å². The minimum atomic E-state index is -3.36. The first-order chi connectivity index (χ1) is 20.8. The predicted molar refractivity (Wildman–Crippen MR) is 149 cm³/mol. The number of fused-ring (bicyclic) bond motifs is 1. The fourth-order valence-electron chi connectivity index (χ4n) is 4.98. The van der Waals surface area contributed by atoms with Gasteiger partial charge in [0.1, 0.15) is 5.82 Å². The van der Waals surface area contributed by atoms with Crippen LogP contribution in [0, 0.1) is 24.4 Å². The molecule has 228 valence electrons. The Morgan fingerprint density at radius 2 is 1.52 bits per heavy atom. The molecule has 3 aromatic heterocycles. The largest absolute Gasteiger partial charge is 0.378 e. The summed E-state index contributed by atoms with van der Waals surface area (Å²) in [4.78, 5) is 33.9. The van der Waals surface area contributed by atoms with Crippen molar-refractivity contribution in [3.05, 3.63) is 110 Å². The Morgan fingerprint density at radius 1 is 0.841 bits per heavy atom. The number of hydrogen-bond donors (Lipinski definition) is 1.